The summed E-state index contributed by atoms with van der Waals surface area (Å²) in [5.74, 6) is -0.277. The second-order valence-corrected chi connectivity index (χ2v) is 8.82. The monoisotopic (exact) mass is 490 g/mol. The largest absolute Gasteiger partial charge is 0.389 e. The second-order valence-electron chi connectivity index (χ2n) is 7.97. The quantitative estimate of drug-likeness (QED) is 0.378. The molecule has 10 heteroatoms. The van der Waals surface area contributed by atoms with Gasteiger partial charge in [0.25, 0.3) is 0 Å². The average molecular weight is 491 g/mol. The van der Waals surface area contributed by atoms with Crippen molar-refractivity contribution in [1.82, 2.24) is 9.88 Å². The van der Waals surface area contributed by atoms with E-state index in [1.54, 1.807) is 18.2 Å². The number of hydrogen-bond donors (Lipinski definition) is 4. The normalized spacial score (nSPS) is 24.2. The van der Waals surface area contributed by atoms with Gasteiger partial charge in [-0.3, -0.25) is 4.90 Å². The number of aromatic nitrogens is 1. The molecule has 0 spiro atoms. The highest BCUT2D eigenvalue weighted by atomic mass is 35.5. The summed E-state index contributed by atoms with van der Waals surface area (Å²) in [5.41, 5.74) is 1.30. The van der Waals surface area contributed by atoms with Crippen LogP contribution < -0.4 is 0 Å². The molecule has 1 aliphatic rings. The van der Waals surface area contributed by atoms with E-state index in [0.29, 0.717) is 30.3 Å². The molecule has 0 unspecified atom stereocenters. The standard InChI is InChI=1S/C22H31FN2O5S.ClH/c23-17-8-4-3-7-16(17)22-24-15(14-31-22)13-30-10-6-2-1-5-9-25-11-18(26)20(28)21(29)19(27)12-25;/h3-4,7-8,14,18-21,26-29H,1-2,5-6,9-13H2;1H/t18-,19-,20+,21+;/m0./s1. The maximum absolute atomic E-state index is 13.8. The molecule has 0 radical (unpaired) electrons. The van der Waals surface area contributed by atoms with Crippen LogP contribution in [-0.2, 0) is 11.3 Å². The van der Waals surface area contributed by atoms with E-state index >= 15 is 0 Å². The van der Waals surface area contributed by atoms with Crippen LogP contribution in [0.5, 0.6) is 0 Å². The molecule has 1 aromatic heterocycles. The molecule has 0 bridgehead atoms. The Labute approximate surface area is 197 Å². The van der Waals surface area contributed by atoms with Crippen molar-refractivity contribution in [3.63, 3.8) is 0 Å². The first-order chi connectivity index (χ1) is 15.0. The fourth-order valence-electron chi connectivity index (χ4n) is 3.66. The van der Waals surface area contributed by atoms with Crippen molar-refractivity contribution in [1.29, 1.82) is 0 Å². The number of benzene rings is 1. The van der Waals surface area contributed by atoms with Gasteiger partial charge in [-0.05, 0) is 31.5 Å². The van der Waals surface area contributed by atoms with E-state index in [1.165, 1.54) is 17.4 Å². The molecule has 4 N–H and O–H groups in total. The van der Waals surface area contributed by atoms with E-state index in [4.69, 9.17) is 4.74 Å². The Hall–Kier alpha value is -1.17. The number of β-amino-alcohol motifs (C(OH)–C–C–N with tert-alkyl or cyclic N) is 2. The number of aliphatic hydroxyl groups is 4. The smallest absolute Gasteiger partial charge is 0.133 e. The summed E-state index contributed by atoms with van der Waals surface area (Å²) in [6.07, 6.45) is -1.00. The average Bonchev–Trinajstić information content (AvgIpc) is 3.19. The Morgan fingerprint density at radius 3 is 2.34 bits per heavy atom. The van der Waals surface area contributed by atoms with Crippen molar-refractivity contribution in [3.8, 4) is 10.6 Å². The van der Waals surface area contributed by atoms with Crippen LogP contribution in [0.4, 0.5) is 4.39 Å². The molecule has 1 aliphatic heterocycles. The molecular formula is C22H32ClFN2O5S. The second kappa shape index (κ2) is 13.5. The van der Waals surface area contributed by atoms with E-state index < -0.39 is 24.4 Å². The molecule has 0 amide bonds. The third-order valence-corrected chi connectivity index (χ3v) is 6.37. The Morgan fingerprint density at radius 2 is 1.66 bits per heavy atom. The molecule has 1 saturated heterocycles. The number of likely N-dealkylation sites (tertiary alicyclic amines) is 1. The van der Waals surface area contributed by atoms with Crippen molar-refractivity contribution in [2.75, 3.05) is 26.2 Å². The van der Waals surface area contributed by atoms with Gasteiger partial charge in [-0.25, -0.2) is 9.37 Å². The zero-order valence-electron chi connectivity index (χ0n) is 17.8. The molecule has 0 aliphatic carbocycles. The van der Waals surface area contributed by atoms with E-state index in [-0.39, 0.29) is 31.3 Å². The molecule has 0 saturated carbocycles. The summed E-state index contributed by atoms with van der Waals surface area (Å²) < 4.78 is 19.5. The fourth-order valence-corrected chi connectivity index (χ4v) is 4.49. The van der Waals surface area contributed by atoms with Gasteiger partial charge < -0.3 is 25.2 Å². The Kier molecular flexibility index (Phi) is 11.4. The van der Waals surface area contributed by atoms with Gasteiger partial charge in [0.15, 0.2) is 0 Å². The van der Waals surface area contributed by atoms with Crippen molar-refractivity contribution < 1.29 is 29.6 Å². The number of nitrogens with zero attached hydrogens (tertiary/aromatic N) is 2. The summed E-state index contributed by atoms with van der Waals surface area (Å²) in [6, 6.07) is 6.60. The fraction of sp³-hybridized carbons (Fsp3) is 0.591. The molecule has 2 heterocycles. The minimum atomic E-state index is -1.32. The zero-order valence-corrected chi connectivity index (χ0v) is 19.5. The topological polar surface area (TPSA) is 106 Å². The molecular weight excluding hydrogens is 459 g/mol. The number of aliphatic hydroxyl groups excluding tert-OH is 4. The first kappa shape index (κ1) is 27.1. The van der Waals surface area contributed by atoms with E-state index in [9.17, 15) is 24.8 Å². The number of rotatable bonds is 10. The predicted octanol–water partition coefficient (Wildman–Crippen LogP) is 2.21. The molecule has 3 rings (SSSR count). The molecule has 32 heavy (non-hydrogen) atoms. The first-order valence-electron chi connectivity index (χ1n) is 10.7. The van der Waals surface area contributed by atoms with Gasteiger partial charge in [0.05, 0.1) is 24.5 Å². The van der Waals surface area contributed by atoms with Crippen LogP contribution in [0.3, 0.4) is 0 Å². The van der Waals surface area contributed by atoms with Crippen LogP contribution in [0, 0.1) is 5.82 Å². The predicted molar refractivity (Wildman–Crippen MR) is 123 cm³/mol. The summed E-state index contributed by atoms with van der Waals surface area (Å²) in [6.45, 7) is 2.18. The minimum absolute atomic E-state index is 0. The van der Waals surface area contributed by atoms with E-state index in [1.807, 2.05) is 10.3 Å². The maximum atomic E-state index is 13.8. The molecule has 4 atom stereocenters. The van der Waals surface area contributed by atoms with Crippen molar-refractivity contribution >= 4 is 23.7 Å². The van der Waals surface area contributed by atoms with Gasteiger partial charge in [0.2, 0.25) is 0 Å². The third-order valence-electron chi connectivity index (χ3n) is 5.45. The number of ether oxygens (including phenoxy) is 1. The molecule has 2 aromatic rings. The van der Waals surface area contributed by atoms with Crippen LogP contribution >= 0.6 is 23.7 Å². The van der Waals surface area contributed by atoms with Gasteiger partial charge in [0, 0.05) is 30.6 Å². The van der Waals surface area contributed by atoms with Gasteiger partial charge in [-0.15, -0.1) is 23.7 Å². The molecule has 1 fully saturated rings. The van der Waals surface area contributed by atoms with Crippen LogP contribution in [0.2, 0.25) is 0 Å². The van der Waals surface area contributed by atoms with Gasteiger partial charge in [-0.1, -0.05) is 25.0 Å². The summed E-state index contributed by atoms with van der Waals surface area (Å²) >= 11 is 1.40. The van der Waals surface area contributed by atoms with E-state index in [2.05, 4.69) is 4.98 Å². The number of hydrogen-bond acceptors (Lipinski definition) is 8. The lowest BCUT2D eigenvalue weighted by molar-refractivity contribution is -0.0894. The Balaban J connectivity index is 0.00000363. The van der Waals surface area contributed by atoms with Crippen LogP contribution in [0.1, 0.15) is 31.4 Å². The zero-order chi connectivity index (χ0) is 22.2. The van der Waals surface area contributed by atoms with Gasteiger partial charge in [0.1, 0.15) is 23.0 Å². The number of halogens is 2. The Morgan fingerprint density at radius 1 is 1.00 bits per heavy atom. The van der Waals surface area contributed by atoms with Gasteiger partial charge in [-0.2, -0.15) is 0 Å². The SMILES string of the molecule is Cl.O[C@H]1[C@H](O)[C@@H](O)CN(CCCCCCOCc2csc(-c3ccccc3F)n2)C[C@@H]1O. The Bertz CT molecular complexity index is 798. The lowest BCUT2D eigenvalue weighted by Gasteiger charge is -2.23. The number of thiazole rings is 1. The highest BCUT2D eigenvalue weighted by Gasteiger charge is 2.35. The van der Waals surface area contributed by atoms with Crippen molar-refractivity contribution in [2.24, 2.45) is 0 Å². The summed E-state index contributed by atoms with van der Waals surface area (Å²) in [7, 11) is 0. The van der Waals surface area contributed by atoms with Crippen LogP contribution in [0.25, 0.3) is 10.6 Å². The lowest BCUT2D eigenvalue weighted by atomic mass is 10.1. The van der Waals surface area contributed by atoms with Crippen LogP contribution in [0.15, 0.2) is 29.6 Å². The highest BCUT2D eigenvalue weighted by molar-refractivity contribution is 7.13. The third kappa shape index (κ3) is 7.71. The summed E-state index contributed by atoms with van der Waals surface area (Å²) in [5, 5.41) is 41.8. The van der Waals surface area contributed by atoms with Crippen molar-refractivity contribution in [2.45, 2.75) is 56.7 Å². The highest BCUT2D eigenvalue weighted by Crippen LogP contribution is 2.26. The molecule has 7 nitrogen and oxygen atoms in total. The minimum Gasteiger partial charge on any atom is -0.389 e. The maximum Gasteiger partial charge on any atom is 0.133 e. The van der Waals surface area contributed by atoms with E-state index in [0.717, 1.165) is 31.4 Å². The van der Waals surface area contributed by atoms with Gasteiger partial charge >= 0.3 is 0 Å². The summed E-state index contributed by atoms with van der Waals surface area (Å²) in [4.78, 5) is 6.32. The lowest BCUT2D eigenvalue weighted by Crippen LogP contribution is -2.43. The first-order valence-corrected chi connectivity index (χ1v) is 11.6. The molecule has 1 aromatic carbocycles. The van der Waals surface area contributed by atoms with Crippen molar-refractivity contribution in [3.05, 3.63) is 41.2 Å². The number of unbranched alkanes of at least 4 members (excludes halogenated alkanes) is 3. The molecule has 180 valence electrons. The van der Waals surface area contributed by atoms with Crippen LogP contribution in [-0.4, -0.2) is 81.0 Å².